The van der Waals surface area contributed by atoms with Crippen LogP contribution in [0.3, 0.4) is 0 Å². The van der Waals surface area contributed by atoms with E-state index in [0.29, 0.717) is 36.8 Å². The molecule has 32 heavy (non-hydrogen) atoms. The molecule has 6 heteroatoms. The highest BCUT2D eigenvalue weighted by Gasteiger charge is 2.66. The highest BCUT2D eigenvalue weighted by Crippen LogP contribution is 2.65. The molecule has 1 aliphatic heterocycles. The van der Waals surface area contributed by atoms with Gasteiger partial charge < -0.3 is 4.74 Å². The second kappa shape index (κ2) is 8.30. The van der Waals surface area contributed by atoms with E-state index in [4.69, 9.17) is 4.74 Å². The van der Waals surface area contributed by atoms with Crippen molar-refractivity contribution in [2.24, 2.45) is 35.5 Å². The van der Waals surface area contributed by atoms with Gasteiger partial charge in [-0.15, -0.1) is 0 Å². The predicted molar refractivity (Wildman–Crippen MR) is 116 cm³/mol. The van der Waals surface area contributed by atoms with Crippen LogP contribution >= 0.6 is 0 Å². The number of amides is 2. The summed E-state index contributed by atoms with van der Waals surface area (Å²) in [5.41, 5.74) is 1.60. The first-order valence-corrected chi connectivity index (χ1v) is 11.7. The third-order valence-corrected chi connectivity index (χ3v) is 7.75. The summed E-state index contributed by atoms with van der Waals surface area (Å²) in [5, 5.41) is 0. The van der Waals surface area contributed by atoms with Crippen LogP contribution in [0.25, 0.3) is 0 Å². The lowest BCUT2D eigenvalue weighted by molar-refractivity contribution is -0.143. The summed E-state index contributed by atoms with van der Waals surface area (Å²) in [6.45, 7) is 2.13. The van der Waals surface area contributed by atoms with Crippen LogP contribution in [0.15, 0.2) is 36.4 Å². The number of carbonyl (C=O) groups excluding carboxylic acids is 4. The van der Waals surface area contributed by atoms with Crippen LogP contribution in [0.1, 0.15) is 48.0 Å². The van der Waals surface area contributed by atoms with Crippen molar-refractivity contribution in [2.75, 3.05) is 13.2 Å². The number of allylic oxidation sites excluding steroid dienone is 2. The monoisotopic (exact) mass is 435 g/mol. The zero-order valence-corrected chi connectivity index (χ0v) is 18.4. The number of imide groups is 1. The van der Waals surface area contributed by atoms with E-state index in [1.807, 2.05) is 19.1 Å². The van der Waals surface area contributed by atoms with Gasteiger partial charge in [0.15, 0.2) is 12.4 Å². The lowest BCUT2D eigenvalue weighted by Crippen LogP contribution is -2.40. The van der Waals surface area contributed by atoms with Crippen LogP contribution in [0.2, 0.25) is 0 Å². The fourth-order valence-electron chi connectivity index (χ4n) is 6.00. The molecule has 6 atom stereocenters. The van der Waals surface area contributed by atoms with Crippen LogP contribution in [-0.4, -0.2) is 41.6 Å². The van der Waals surface area contributed by atoms with Crippen molar-refractivity contribution in [1.82, 2.24) is 4.90 Å². The van der Waals surface area contributed by atoms with Gasteiger partial charge in [-0.25, -0.2) is 0 Å². The quantitative estimate of drug-likeness (QED) is 0.195. The SMILES string of the molecule is Cc1ccc(C(=O)COC(=O)CCCCCN2C(=O)[C@@H]3[C@H]4C=C[C@H]([C@H]5C[C@H]45)[C@@H]3C2=O)cc1. The van der Waals surface area contributed by atoms with E-state index in [2.05, 4.69) is 12.2 Å². The average Bonchev–Trinajstić information content (AvgIpc) is 3.57. The second-order valence-electron chi connectivity index (χ2n) is 9.74. The number of nitrogens with zero attached hydrogens (tertiary/aromatic N) is 1. The first-order chi connectivity index (χ1) is 15.5. The van der Waals surface area contributed by atoms with Crippen molar-refractivity contribution >= 4 is 23.6 Å². The van der Waals surface area contributed by atoms with Crippen LogP contribution in [-0.2, 0) is 19.1 Å². The molecule has 2 amide bonds. The zero-order chi connectivity index (χ0) is 22.4. The maximum absolute atomic E-state index is 12.9. The third-order valence-electron chi connectivity index (χ3n) is 7.75. The van der Waals surface area contributed by atoms with Gasteiger partial charge in [0, 0.05) is 18.5 Å². The van der Waals surface area contributed by atoms with Gasteiger partial charge in [0.2, 0.25) is 11.8 Å². The molecule has 0 aromatic heterocycles. The molecule has 168 valence electrons. The summed E-state index contributed by atoms with van der Waals surface area (Å²) in [6.07, 6.45) is 7.78. The van der Waals surface area contributed by atoms with Crippen LogP contribution in [0.5, 0.6) is 0 Å². The Morgan fingerprint density at radius 3 is 2.19 bits per heavy atom. The van der Waals surface area contributed by atoms with E-state index in [1.54, 1.807) is 12.1 Å². The fraction of sp³-hybridized carbons (Fsp3) is 0.538. The molecule has 2 bridgehead atoms. The van der Waals surface area contributed by atoms with Gasteiger partial charge in [0.25, 0.3) is 0 Å². The molecule has 5 aliphatic rings. The molecule has 4 aliphatic carbocycles. The Labute approximate surface area is 188 Å². The molecule has 0 unspecified atom stereocenters. The smallest absolute Gasteiger partial charge is 0.306 e. The van der Waals surface area contributed by atoms with Crippen molar-refractivity contribution in [1.29, 1.82) is 0 Å². The Kier molecular flexibility index (Phi) is 5.48. The van der Waals surface area contributed by atoms with Crippen LogP contribution in [0.4, 0.5) is 0 Å². The van der Waals surface area contributed by atoms with Gasteiger partial charge in [-0.05, 0) is 49.9 Å². The van der Waals surface area contributed by atoms with E-state index < -0.39 is 5.97 Å². The van der Waals surface area contributed by atoms with Gasteiger partial charge in [0.05, 0.1) is 11.8 Å². The number of unbranched alkanes of at least 4 members (excludes halogenated alkanes) is 2. The summed E-state index contributed by atoms with van der Waals surface area (Å²) < 4.78 is 5.10. The van der Waals surface area contributed by atoms with Crippen molar-refractivity contribution in [3.05, 3.63) is 47.5 Å². The summed E-state index contributed by atoms with van der Waals surface area (Å²) in [7, 11) is 0. The number of likely N-dealkylation sites (tertiary alicyclic amines) is 1. The maximum Gasteiger partial charge on any atom is 0.306 e. The van der Waals surface area contributed by atoms with E-state index >= 15 is 0 Å². The Morgan fingerprint density at radius 2 is 1.56 bits per heavy atom. The predicted octanol–water partition coefficient (Wildman–Crippen LogP) is 3.33. The summed E-state index contributed by atoms with van der Waals surface area (Å²) in [5.74, 6) is 0.891. The molecule has 0 spiro atoms. The lowest BCUT2D eigenvalue weighted by Gasteiger charge is -2.37. The van der Waals surface area contributed by atoms with Crippen molar-refractivity contribution in [3.8, 4) is 0 Å². The zero-order valence-electron chi connectivity index (χ0n) is 18.4. The van der Waals surface area contributed by atoms with Crippen molar-refractivity contribution < 1.29 is 23.9 Å². The van der Waals surface area contributed by atoms with Crippen molar-refractivity contribution in [3.63, 3.8) is 0 Å². The molecule has 1 saturated heterocycles. The topological polar surface area (TPSA) is 80.8 Å². The minimum Gasteiger partial charge on any atom is -0.457 e. The number of ether oxygens (including phenoxy) is 1. The summed E-state index contributed by atoms with van der Waals surface area (Å²) in [4.78, 5) is 51.3. The van der Waals surface area contributed by atoms with Gasteiger partial charge in [-0.2, -0.15) is 0 Å². The van der Waals surface area contributed by atoms with Gasteiger partial charge >= 0.3 is 5.97 Å². The first kappa shape index (κ1) is 21.1. The Bertz CT molecular complexity index is 944. The number of esters is 1. The molecule has 1 aromatic carbocycles. The Balaban J connectivity index is 1.02. The van der Waals surface area contributed by atoms with E-state index in [-0.39, 0.29) is 54.3 Å². The maximum atomic E-state index is 12.9. The number of carbonyl (C=O) groups is 4. The van der Waals surface area contributed by atoms with E-state index in [0.717, 1.165) is 12.0 Å². The number of benzene rings is 1. The number of Topliss-reactive ketones (excluding diaryl/α,β-unsaturated/α-hetero) is 1. The minimum atomic E-state index is -0.397. The number of rotatable bonds is 9. The standard InChI is InChI=1S/C26H29NO5/c1-15-6-8-16(9-7-15)21(28)14-32-22(29)5-3-2-4-12-27-25(30)23-17-10-11-18(20-13-19(17)20)24(23)26(27)31/h6-11,17-20,23-24H,2-5,12-14H2,1H3/t17-,18+,19-,20-,23+,24-/m1/s1. The van der Waals surface area contributed by atoms with Gasteiger partial charge in [-0.3, -0.25) is 24.1 Å². The molecule has 3 fully saturated rings. The van der Waals surface area contributed by atoms with E-state index in [1.165, 1.54) is 11.3 Å². The minimum absolute atomic E-state index is 0.0127. The van der Waals surface area contributed by atoms with Crippen LogP contribution in [0, 0.1) is 42.4 Å². The average molecular weight is 436 g/mol. The number of hydrogen-bond donors (Lipinski definition) is 0. The molecule has 6 rings (SSSR count). The highest BCUT2D eigenvalue weighted by atomic mass is 16.5. The largest absolute Gasteiger partial charge is 0.457 e. The third kappa shape index (κ3) is 3.70. The summed E-state index contributed by atoms with van der Waals surface area (Å²) in [6, 6.07) is 7.16. The first-order valence-electron chi connectivity index (χ1n) is 11.7. The van der Waals surface area contributed by atoms with E-state index in [9.17, 15) is 19.2 Å². The fourth-order valence-corrected chi connectivity index (χ4v) is 6.00. The Hall–Kier alpha value is -2.76. The molecule has 0 radical (unpaired) electrons. The Morgan fingerprint density at radius 1 is 0.938 bits per heavy atom. The molecular weight excluding hydrogens is 406 g/mol. The molecule has 1 heterocycles. The molecule has 0 N–H and O–H groups in total. The molecule has 1 aromatic rings. The molecule has 2 saturated carbocycles. The van der Waals surface area contributed by atoms with Gasteiger partial charge in [0.1, 0.15) is 0 Å². The normalized spacial score (nSPS) is 31.5. The van der Waals surface area contributed by atoms with Crippen molar-refractivity contribution in [2.45, 2.75) is 39.0 Å². The second-order valence-corrected chi connectivity index (χ2v) is 9.74. The molecule has 6 nitrogen and oxygen atoms in total. The number of hydrogen-bond acceptors (Lipinski definition) is 5. The lowest BCUT2D eigenvalue weighted by atomic mass is 9.63. The highest BCUT2D eigenvalue weighted by molar-refractivity contribution is 6.06. The number of ketones is 1. The van der Waals surface area contributed by atoms with Gasteiger partial charge in [-0.1, -0.05) is 48.4 Å². The molecular formula is C26H29NO5. The van der Waals surface area contributed by atoms with Crippen LogP contribution < -0.4 is 0 Å². The number of aryl methyl sites for hydroxylation is 1. The summed E-state index contributed by atoms with van der Waals surface area (Å²) >= 11 is 0.